The van der Waals surface area contributed by atoms with Crippen molar-refractivity contribution < 1.29 is 24.5 Å². The van der Waals surface area contributed by atoms with E-state index < -0.39 is 12.1 Å². The van der Waals surface area contributed by atoms with Crippen LogP contribution in [0.5, 0.6) is 0 Å². The topological polar surface area (TPSA) is 95.9 Å². The van der Waals surface area contributed by atoms with Gasteiger partial charge in [-0.15, -0.1) is 0 Å². The van der Waals surface area contributed by atoms with Gasteiger partial charge in [-0.3, -0.25) is 9.59 Å². The molecule has 76 heavy (non-hydrogen) atoms. The Hall–Kier alpha value is -2.44. The summed E-state index contributed by atoms with van der Waals surface area (Å²) in [7, 11) is 0. The summed E-state index contributed by atoms with van der Waals surface area (Å²) in [6, 6.07) is -0.637. The van der Waals surface area contributed by atoms with E-state index >= 15 is 0 Å². The van der Waals surface area contributed by atoms with Gasteiger partial charge in [0.25, 0.3) is 0 Å². The number of aliphatic hydroxyl groups excluding tert-OH is 2. The Labute approximate surface area is 473 Å². The fourth-order valence-corrected chi connectivity index (χ4v) is 10.1. The van der Waals surface area contributed by atoms with Crippen LogP contribution >= 0.6 is 0 Å². The van der Waals surface area contributed by atoms with Gasteiger partial charge in [-0.05, 0) is 96.3 Å². The molecule has 2 atom stereocenters. The maximum atomic E-state index is 12.5. The van der Waals surface area contributed by atoms with Crippen molar-refractivity contribution in [1.82, 2.24) is 5.32 Å². The molecule has 0 spiro atoms. The highest BCUT2D eigenvalue weighted by Crippen LogP contribution is 2.17. The molecule has 0 aliphatic heterocycles. The van der Waals surface area contributed by atoms with Gasteiger partial charge in [0.1, 0.15) is 0 Å². The molecular weight excluding hydrogens is 935 g/mol. The minimum atomic E-state index is -0.853. The summed E-state index contributed by atoms with van der Waals surface area (Å²) in [6.07, 6.45) is 85.6. The van der Waals surface area contributed by atoms with Gasteiger partial charge in [0, 0.05) is 12.8 Å². The zero-order valence-corrected chi connectivity index (χ0v) is 50.7. The van der Waals surface area contributed by atoms with E-state index in [-0.39, 0.29) is 18.5 Å². The molecule has 0 aromatic carbocycles. The van der Waals surface area contributed by atoms with E-state index in [9.17, 15) is 19.8 Å². The number of carbonyl (C=O) groups excluding carboxylic acids is 2. The largest absolute Gasteiger partial charge is 0.466 e. The number of amides is 1. The van der Waals surface area contributed by atoms with Crippen molar-refractivity contribution in [2.45, 2.75) is 360 Å². The van der Waals surface area contributed by atoms with Crippen molar-refractivity contribution in [1.29, 1.82) is 0 Å². The first-order chi connectivity index (χ1) is 37.5. The maximum Gasteiger partial charge on any atom is 0.305 e. The van der Waals surface area contributed by atoms with Crippen molar-refractivity contribution >= 4 is 11.9 Å². The van der Waals surface area contributed by atoms with Gasteiger partial charge in [0.2, 0.25) is 5.91 Å². The first-order valence-electron chi connectivity index (χ1n) is 33.6. The Morgan fingerprint density at radius 2 is 0.658 bits per heavy atom. The standard InChI is InChI=1S/C70H129NO5/c1-3-5-7-9-11-13-15-17-19-21-27-32-36-40-44-48-52-56-60-64-70(75)76-65-61-57-53-49-45-41-37-33-29-26-24-22-23-25-28-31-35-39-43-47-51-55-59-63-69(74)71-67(66-72)68(73)62-58-54-50-46-42-38-34-30-20-18-16-14-12-10-8-6-4-2/h11,13,17,19,22,24-25,28,58,62,67-68,72-73H,3-10,12,14-16,18,20-21,23,26-27,29-57,59-61,63-66H2,1-2H3,(H,71,74)/b13-11-,19-17-,24-22-,28-25-,62-58+. The number of hydrogen-bond donors (Lipinski definition) is 3. The van der Waals surface area contributed by atoms with Crippen LogP contribution in [0.4, 0.5) is 0 Å². The molecule has 1 amide bonds. The molecule has 0 aromatic rings. The number of unbranched alkanes of at least 4 members (excludes halogenated alkanes) is 43. The molecule has 6 heteroatoms. The smallest absolute Gasteiger partial charge is 0.305 e. The molecule has 0 aliphatic rings. The Bertz CT molecular complexity index is 1320. The van der Waals surface area contributed by atoms with E-state index in [2.05, 4.69) is 67.8 Å². The fraction of sp³-hybridized carbons (Fsp3) is 0.829. The van der Waals surface area contributed by atoms with E-state index in [0.717, 1.165) is 70.6 Å². The lowest BCUT2D eigenvalue weighted by Crippen LogP contribution is -2.45. The first-order valence-corrected chi connectivity index (χ1v) is 33.6. The van der Waals surface area contributed by atoms with Gasteiger partial charge in [-0.25, -0.2) is 0 Å². The molecule has 444 valence electrons. The van der Waals surface area contributed by atoms with Crippen molar-refractivity contribution in [3.63, 3.8) is 0 Å². The summed E-state index contributed by atoms with van der Waals surface area (Å²) < 4.78 is 5.50. The van der Waals surface area contributed by atoms with E-state index in [1.165, 1.54) is 250 Å². The number of allylic oxidation sites excluding steroid dienone is 9. The van der Waals surface area contributed by atoms with Crippen molar-refractivity contribution in [3.05, 3.63) is 60.8 Å². The Kier molecular flexibility index (Phi) is 63.0. The van der Waals surface area contributed by atoms with Crippen LogP contribution in [0.1, 0.15) is 348 Å². The van der Waals surface area contributed by atoms with Gasteiger partial charge in [0.15, 0.2) is 0 Å². The number of esters is 1. The first kappa shape index (κ1) is 73.6. The lowest BCUT2D eigenvalue weighted by molar-refractivity contribution is -0.143. The molecule has 0 heterocycles. The Morgan fingerprint density at radius 3 is 1.03 bits per heavy atom. The molecule has 0 aromatic heterocycles. The molecule has 0 saturated heterocycles. The number of rotatable bonds is 62. The monoisotopic (exact) mass is 1060 g/mol. The summed E-state index contributed by atoms with van der Waals surface area (Å²) in [6.45, 7) is 4.88. The molecule has 3 N–H and O–H groups in total. The SMILES string of the molecule is CCCCC/C=C\C/C=C\CCCCCCCCCCCC(=O)OCCCCCCCCCCC/C=C\C/C=C\CCCCCCCCCC(=O)NC(CO)C(O)/C=C/CCCCCCCCCCCCCCCCC. The highest BCUT2D eigenvalue weighted by molar-refractivity contribution is 5.76. The quantitative estimate of drug-likeness (QED) is 0.0320. The van der Waals surface area contributed by atoms with E-state index in [1.807, 2.05) is 6.08 Å². The van der Waals surface area contributed by atoms with Crippen LogP contribution in [0.2, 0.25) is 0 Å². The Morgan fingerprint density at radius 1 is 0.368 bits per heavy atom. The molecule has 0 fully saturated rings. The predicted octanol–water partition coefficient (Wildman–Crippen LogP) is 21.5. The summed E-state index contributed by atoms with van der Waals surface area (Å²) in [5.41, 5.74) is 0. The summed E-state index contributed by atoms with van der Waals surface area (Å²) in [5.74, 6) is -0.0748. The molecule has 2 unspecified atom stereocenters. The zero-order chi connectivity index (χ0) is 55.0. The van der Waals surface area contributed by atoms with Crippen LogP contribution in [-0.2, 0) is 14.3 Å². The van der Waals surface area contributed by atoms with Crippen LogP contribution in [0.15, 0.2) is 60.8 Å². The average molecular weight is 1060 g/mol. The predicted molar refractivity (Wildman–Crippen MR) is 333 cm³/mol. The molecule has 0 radical (unpaired) electrons. The van der Waals surface area contributed by atoms with Crippen LogP contribution in [0, 0.1) is 0 Å². The van der Waals surface area contributed by atoms with Crippen LogP contribution in [0.25, 0.3) is 0 Å². The second-order valence-corrected chi connectivity index (χ2v) is 22.8. The van der Waals surface area contributed by atoms with Gasteiger partial charge in [-0.2, -0.15) is 0 Å². The number of aliphatic hydroxyl groups is 2. The number of hydrogen-bond acceptors (Lipinski definition) is 5. The van der Waals surface area contributed by atoms with Crippen LogP contribution in [0.3, 0.4) is 0 Å². The average Bonchev–Trinajstić information content (AvgIpc) is 3.42. The third-order valence-corrected chi connectivity index (χ3v) is 15.3. The normalized spacial score (nSPS) is 12.9. The molecule has 0 saturated carbocycles. The van der Waals surface area contributed by atoms with Crippen molar-refractivity contribution in [2.24, 2.45) is 0 Å². The van der Waals surface area contributed by atoms with Crippen LogP contribution in [-0.4, -0.2) is 47.4 Å². The summed E-state index contributed by atoms with van der Waals surface area (Å²) in [5, 5.41) is 23.2. The van der Waals surface area contributed by atoms with Gasteiger partial charge < -0.3 is 20.3 Å². The maximum absolute atomic E-state index is 12.5. The minimum Gasteiger partial charge on any atom is -0.466 e. The van der Waals surface area contributed by atoms with Crippen molar-refractivity contribution in [3.8, 4) is 0 Å². The fourth-order valence-electron chi connectivity index (χ4n) is 10.1. The van der Waals surface area contributed by atoms with Gasteiger partial charge in [0.05, 0.1) is 25.4 Å². The highest BCUT2D eigenvalue weighted by Gasteiger charge is 2.18. The summed E-state index contributed by atoms with van der Waals surface area (Å²) >= 11 is 0. The highest BCUT2D eigenvalue weighted by atomic mass is 16.5. The lowest BCUT2D eigenvalue weighted by Gasteiger charge is -2.20. The van der Waals surface area contributed by atoms with Crippen LogP contribution < -0.4 is 5.32 Å². The molecule has 0 aliphatic carbocycles. The number of ether oxygens (including phenoxy) is 1. The van der Waals surface area contributed by atoms with Gasteiger partial charge in [-0.1, -0.05) is 299 Å². The third-order valence-electron chi connectivity index (χ3n) is 15.3. The van der Waals surface area contributed by atoms with E-state index in [4.69, 9.17) is 4.74 Å². The van der Waals surface area contributed by atoms with E-state index in [0.29, 0.717) is 19.4 Å². The zero-order valence-electron chi connectivity index (χ0n) is 50.7. The molecule has 0 bridgehead atoms. The molecule has 6 nitrogen and oxygen atoms in total. The number of carbonyl (C=O) groups is 2. The van der Waals surface area contributed by atoms with Crippen molar-refractivity contribution in [2.75, 3.05) is 13.2 Å². The number of nitrogens with one attached hydrogen (secondary N) is 1. The van der Waals surface area contributed by atoms with E-state index in [1.54, 1.807) is 6.08 Å². The Balaban J connectivity index is 3.46. The lowest BCUT2D eigenvalue weighted by atomic mass is 10.0. The second kappa shape index (κ2) is 65.1. The second-order valence-electron chi connectivity index (χ2n) is 22.8. The third kappa shape index (κ3) is 60.8. The summed E-state index contributed by atoms with van der Waals surface area (Å²) in [4.78, 5) is 24.6. The minimum absolute atomic E-state index is 0.00251. The molecule has 0 rings (SSSR count). The molecular formula is C70H129NO5. The van der Waals surface area contributed by atoms with Gasteiger partial charge >= 0.3 is 5.97 Å².